The molecule has 0 spiro atoms. The molecule has 1 saturated heterocycles. The number of unbranched alkanes of at least 4 members (excludes halogenated alkanes) is 16. The molecule has 1 rings (SSSR count). The van der Waals surface area contributed by atoms with Crippen molar-refractivity contribution in [2.24, 2.45) is 0 Å². The molecule has 4 N–H and O–H groups in total. The standard InChI is InChI=1S/C47H82O9/c1-3-5-7-9-11-13-15-17-19-21-22-24-26-28-30-32-34-36-43(49)55-41(40-54-47-46(52)45(51)44(50)42(38-48)56-47)39-53-37-35-33-31-29-27-25-23-20-18-16-14-12-10-8-6-4-2/h5,7,11-14,17-20,41-42,44-48,50-52H,3-4,6,8-10,15-16,21-40H2,1-2H3/b7-5-,13-11-,14-12-,19-17-,20-18-. The Balaban J connectivity index is 2.29. The van der Waals surface area contributed by atoms with Gasteiger partial charge in [-0.15, -0.1) is 0 Å². The van der Waals surface area contributed by atoms with Gasteiger partial charge in [-0.2, -0.15) is 0 Å². The fourth-order valence-corrected chi connectivity index (χ4v) is 6.42. The molecule has 1 heterocycles. The van der Waals surface area contributed by atoms with E-state index in [9.17, 15) is 25.2 Å². The van der Waals surface area contributed by atoms with Crippen LogP contribution in [0.3, 0.4) is 0 Å². The molecule has 0 amide bonds. The smallest absolute Gasteiger partial charge is 0.306 e. The third-order valence-corrected chi connectivity index (χ3v) is 9.92. The van der Waals surface area contributed by atoms with Gasteiger partial charge in [0.1, 0.15) is 30.5 Å². The number of carbonyl (C=O) groups excluding carboxylic acids is 1. The topological polar surface area (TPSA) is 135 Å². The van der Waals surface area contributed by atoms with E-state index in [1.165, 1.54) is 64.2 Å². The molecule has 9 heteroatoms. The second-order valence-corrected chi connectivity index (χ2v) is 15.1. The van der Waals surface area contributed by atoms with E-state index in [1.807, 2.05) is 0 Å². The summed E-state index contributed by atoms with van der Waals surface area (Å²) in [7, 11) is 0. The number of esters is 1. The van der Waals surface area contributed by atoms with Gasteiger partial charge in [-0.1, -0.05) is 145 Å². The summed E-state index contributed by atoms with van der Waals surface area (Å²) in [5.41, 5.74) is 0. The van der Waals surface area contributed by atoms with Crippen molar-refractivity contribution in [2.75, 3.05) is 26.4 Å². The van der Waals surface area contributed by atoms with Gasteiger partial charge in [-0.25, -0.2) is 0 Å². The predicted octanol–water partition coefficient (Wildman–Crippen LogP) is 9.91. The Bertz CT molecular complexity index is 1040. The van der Waals surface area contributed by atoms with E-state index >= 15 is 0 Å². The lowest BCUT2D eigenvalue weighted by Crippen LogP contribution is -2.59. The Labute approximate surface area is 341 Å². The number of rotatable bonds is 37. The third kappa shape index (κ3) is 29.2. The lowest BCUT2D eigenvalue weighted by molar-refractivity contribution is -0.305. The average molecular weight is 791 g/mol. The van der Waals surface area contributed by atoms with Gasteiger partial charge in [0, 0.05) is 13.0 Å². The van der Waals surface area contributed by atoms with Gasteiger partial charge in [-0.3, -0.25) is 4.79 Å². The second kappa shape index (κ2) is 38.4. The van der Waals surface area contributed by atoms with Crippen LogP contribution in [0.15, 0.2) is 60.8 Å². The van der Waals surface area contributed by atoms with Gasteiger partial charge in [0.2, 0.25) is 0 Å². The van der Waals surface area contributed by atoms with E-state index < -0.39 is 43.4 Å². The molecule has 0 saturated carbocycles. The van der Waals surface area contributed by atoms with Gasteiger partial charge in [-0.05, 0) is 77.0 Å². The van der Waals surface area contributed by atoms with Gasteiger partial charge >= 0.3 is 5.97 Å². The summed E-state index contributed by atoms with van der Waals surface area (Å²) < 4.78 is 22.8. The van der Waals surface area contributed by atoms with Gasteiger partial charge in [0.15, 0.2) is 6.29 Å². The molecule has 1 fully saturated rings. The Morgan fingerprint density at radius 2 is 1.09 bits per heavy atom. The Hall–Kier alpha value is -2.11. The summed E-state index contributed by atoms with van der Waals surface area (Å²) in [5, 5.41) is 40.1. The van der Waals surface area contributed by atoms with Crippen molar-refractivity contribution in [2.45, 2.75) is 205 Å². The first-order valence-corrected chi connectivity index (χ1v) is 22.4. The average Bonchev–Trinajstić information content (AvgIpc) is 3.20. The highest BCUT2D eigenvalue weighted by atomic mass is 16.7. The minimum atomic E-state index is -1.54. The molecule has 0 aromatic carbocycles. The molecule has 9 nitrogen and oxygen atoms in total. The molecule has 1 aliphatic heterocycles. The number of ether oxygens (including phenoxy) is 4. The summed E-state index contributed by atoms with van der Waals surface area (Å²) in [6.45, 7) is 4.38. The van der Waals surface area contributed by atoms with Crippen LogP contribution in [-0.4, -0.2) is 89.6 Å². The predicted molar refractivity (Wildman–Crippen MR) is 228 cm³/mol. The number of carbonyl (C=O) groups is 1. The molecule has 6 atom stereocenters. The number of hydrogen-bond donors (Lipinski definition) is 4. The molecule has 0 aromatic heterocycles. The lowest BCUT2D eigenvalue weighted by atomic mass is 9.99. The van der Waals surface area contributed by atoms with Crippen molar-refractivity contribution in [1.82, 2.24) is 0 Å². The van der Waals surface area contributed by atoms with Crippen molar-refractivity contribution in [3.63, 3.8) is 0 Å². The van der Waals surface area contributed by atoms with Gasteiger partial charge in [0.05, 0.1) is 19.8 Å². The highest BCUT2D eigenvalue weighted by Gasteiger charge is 2.44. The Kier molecular flexibility index (Phi) is 35.6. The fourth-order valence-electron chi connectivity index (χ4n) is 6.42. The number of aliphatic hydroxyl groups excluding tert-OH is 4. The minimum absolute atomic E-state index is 0.124. The van der Waals surface area contributed by atoms with Crippen molar-refractivity contribution in [1.29, 1.82) is 0 Å². The minimum Gasteiger partial charge on any atom is -0.457 e. The van der Waals surface area contributed by atoms with Crippen LogP contribution < -0.4 is 0 Å². The molecule has 0 aliphatic carbocycles. The van der Waals surface area contributed by atoms with Crippen LogP contribution in [0.1, 0.15) is 168 Å². The molecule has 56 heavy (non-hydrogen) atoms. The molecule has 1 aliphatic rings. The Morgan fingerprint density at radius 1 is 0.589 bits per heavy atom. The van der Waals surface area contributed by atoms with Crippen molar-refractivity contribution in [3.05, 3.63) is 60.8 Å². The summed E-state index contributed by atoms with van der Waals surface area (Å²) in [4.78, 5) is 12.8. The molecule has 6 unspecified atom stereocenters. The Morgan fingerprint density at radius 3 is 1.64 bits per heavy atom. The van der Waals surface area contributed by atoms with Crippen LogP contribution in [0.5, 0.6) is 0 Å². The molecule has 324 valence electrons. The third-order valence-electron chi connectivity index (χ3n) is 9.92. The SMILES string of the molecule is CC/C=C\C/C=C\C/C=C\CCCCCCCCCC(=O)OC(COCCCCCCCC/C=C\C/C=C\CCCCC)COC1OC(CO)C(O)C(O)C1O. The van der Waals surface area contributed by atoms with Crippen LogP contribution in [0.25, 0.3) is 0 Å². The first-order valence-electron chi connectivity index (χ1n) is 22.4. The van der Waals surface area contributed by atoms with Crippen LogP contribution in [0.2, 0.25) is 0 Å². The molecular weight excluding hydrogens is 709 g/mol. The van der Waals surface area contributed by atoms with E-state index in [-0.39, 0.29) is 19.2 Å². The zero-order valence-electron chi connectivity index (χ0n) is 35.4. The lowest BCUT2D eigenvalue weighted by Gasteiger charge is -2.39. The van der Waals surface area contributed by atoms with E-state index in [0.717, 1.165) is 83.5 Å². The molecule has 0 bridgehead atoms. The fraction of sp³-hybridized carbons (Fsp3) is 0.766. The number of allylic oxidation sites excluding steroid dienone is 10. The highest BCUT2D eigenvalue weighted by molar-refractivity contribution is 5.69. The summed E-state index contributed by atoms with van der Waals surface area (Å²) in [6, 6.07) is 0. The van der Waals surface area contributed by atoms with Crippen molar-refractivity contribution >= 4 is 5.97 Å². The van der Waals surface area contributed by atoms with Crippen LogP contribution >= 0.6 is 0 Å². The molecule has 0 aromatic rings. The maximum absolute atomic E-state index is 12.8. The zero-order chi connectivity index (χ0) is 40.7. The monoisotopic (exact) mass is 791 g/mol. The first kappa shape index (κ1) is 51.9. The second-order valence-electron chi connectivity index (χ2n) is 15.1. The summed E-state index contributed by atoms with van der Waals surface area (Å²) in [5.74, 6) is -0.330. The normalized spacial score (nSPS) is 21.1. The quantitative estimate of drug-likeness (QED) is 0.0276. The maximum Gasteiger partial charge on any atom is 0.306 e. The van der Waals surface area contributed by atoms with Gasteiger partial charge in [0.25, 0.3) is 0 Å². The first-order chi connectivity index (χ1) is 27.4. The maximum atomic E-state index is 12.8. The zero-order valence-corrected chi connectivity index (χ0v) is 35.4. The molecule has 0 radical (unpaired) electrons. The van der Waals surface area contributed by atoms with Crippen LogP contribution in [0.4, 0.5) is 0 Å². The van der Waals surface area contributed by atoms with Crippen LogP contribution in [0, 0.1) is 0 Å². The van der Waals surface area contributed by atoms with E-state index in [4.69, 9.17) is 18.9 Å². The van der Waals surface area contributed by atoms with E-state index in [1.54, 1.807) is 0 Å². The number of aliphatic hydroxyl groups is 4. The highest BCUT2D eigenvalue weighted by Crippen LogP contribution is 2.22. The van der Waals surface area contributed by atoms with Crippen molar-refractivity contribution in [3.8, 4) is 0 Å². The number of hydrogen-bond acceptors (Lipinski definition) is 9. The molecular formula is C47H82O9. The summed E-state index contributed by atoms with van der Waals surface area (Å²) in [6.07, 6.45) is 40.9. The summed E-state index contributed by atoms with van der Waals surface area (Å²) >= 11 is 0. The van der Waals surface area contributed by atoms with E-state index in [2.05, 4.69) is 74.6 Å². The van der Waals surface area contributed by atoms with Crippen LogP contribution in [-0.2, 0) is 23.7 Å². The van der Waals surface area contributed by atoms with E-state index in [0.29, 0.717) is 13.0 Å². The van der Waals surface area contributed by atoms with Crippen molar-refractivity contribution < 1.29 is 44.2 Å². The largest absolute Gasteiger partial charge is 0.457 e. The van der Waals surface area contributed by atoms with Gasteiger partial charge < -0.3 is 39.4 Å².